The molecule has 1 amide bonds. The zero-order chi connectivity index (χ0) is 41.5. The largest absolute Gasteiger partial charge is 0.456 e. The first-order valence-electron chi connectivity index (χ1n) is 20.4. The highest BCUT2D eigenvalue weighted by atomic mass is 16.7. The van der Waals surface area contributed by atoms with Crippen LogP contribution >= 0.6 is 0 Å². The summed E-state index contributed by atoms with van der Waals surface area (Å²) in [6.07, 6.45) is 4.18. The monoisotopic (exact) mass is 789 g/mol. The summed E-state index contributed by atoms with van der Waals surface area (Å²) >= 11 is 0. The molecule has 3 fully saturated rings. The van der Waals surface area contributed by atoms with Crippen molar-refractivity contribution in [3.05, 3.63) is 36.0 Å². The van der Waals surface area contributed by atoms with Crippen LogP contribution in [0.3, 0.4) is 0 Å². The number of fused-ring (bicyclic) bond motifs is 3. The van der Waals surface area contributed by atoms with Gasteiger partial charge < -0.3 is 43.9 Å². The van der Waals surface area contributed by atoms with Gasteiger partial charge in [-0.1, -0.05) is 45.9 Å². The van der Waals surface area contributed by atoms with E-state index in [0.717, 1.165) is 4.90 Å². The lowest BCUT2D eigenvalue weighted by molar-refractivity contribution is -0.302. The van der Waals surface area contributed by atoms with Crippen molar-refractivity contribution in [2.75, 3.05) is 27.9 Å². The zero-order valence-electron chi connectivity index (χ0n) is 34.7. The van der Waals surface area contributed by atoms with Crippen LogP contribution in [0.4, 0.5) is 0 Å². The fourth-order valence-electron chi connectivity index (χ4n) is 9.28. The molecule has 14 unspecified atom stereocenters. The van der Waals surface area contributed by atoms with E-state index in [0.29, 0.717) is 56.1 Å². The van der Waals surface area contributed by atoms with Crippen molar-refractivity contribution in [3.63, 3.8) is 0 Å². The minimum Gasteiger partial charge on any atom is -0.456 e. The molecule has 0 aromatic carbocycles. The molecule has 2 saturated heterocycles. The molecule has 14 atom stereocenters. The van der Waals surface area contributed by atoms with E-state index in [-0.39, 0.29) is 55.4 Å². The minimum atomic E-state index is -2.50. The fraction of sp³-hybridized carbons (Fsp3) is 0.767. The number of hydrogen-bond donors (Lipinski definition) is 3. The number of methoxy groups -OCH3 is 3. The molecular formula is C43H67NO12. The van der Waals surface area contributed by atoms with Crippen molar-refractivity contribution in [2.24, 2.45) is 29.6 Å². The number of aliphatic hydroxyl groups is 3. The van der Waals surface area contributed by atoms with Crippen LogP contribution in [0.1, 0.15) is 98.8 Å². The first-order chi connectivity index (χ1) is 26.5. The molecule has 4 aliphatic rings. The maximum atomic E-state index is 14.2. The molecule has 13 nitrogen and oxygen atoms in total. The number of nitrogens with zero attached hydrogens (tertiary/aromatic N) is 1. The molecule has 3 aliphatic heterocycles. The average Bonchev–Trinajstić information content (AvgIpc) is 3.66. The number of carbonyl (C=O) groups excluding carboxylic acids is 4. The number of rotatable bonds is 7. The fourth-order valence-corrected chi connectivity index (χ4v) is 9.28. The summed E-state index contributed by atoms with van der Waals surface area (Å²) < 4.78 is 29.6. The topological polar surface area (TPSA) is 178 Å². The number of cyclic esters (lactones) is 1. The number of allylic oxidation sites excluding steroid dienone is 4. The van der Waals surface area contributed by atoms with Gasteiger partial charge in [-0.15, -0.1) is 6.58 Å². The van der Waals surface area contributed by atoms with Gasteiger partial charge in [0.15, 0.2) is 5.78 Å². The van der Waals surface area contributed by atoms with Crippen LogP contribution in [0.25, 0.3) is 0 Å². The maximum Gasteiger partial charge on any atom is 0.329 e. The van der Waals surface area contributed by atoms with E-state index in [1.54, 1.807) is 34.0 Å². The summed E-state index contributed by atoms with van der Waals surface area (Å²) in [4.78, 5) is 57.3. The molecule has 3 N–H and O–H groups in total. The van der Waals surface area contributed by atoms with Gasteiger partial charge in [0.1, 0.15) is 18.2 Å². The number of aliphatic hydroxyl groups excluding tert-OH is 2. The third kappa shape index (κ3) is 10.6. The Labute approximate surface area is 332 Å². The second-order valence-corrected chi connectivity index (χ2v) is 16.9. The quantitative estimate of drug-likeness (QED) is 0.190. The highest BCUT2D eigenvalue weighted by molar-refractivity contribution is 6.39. The molecule has 56 heavy (non-hydrogen) atoms. The molecule has 2 bridgehead atoms. The van der Waals surface area contributed by atoms with Crippen LogP contribution in [0.2, 0.25) is 0 Å². The predicted molar refractivity (Wildman–Crippen MR) is 208 cm³/mol. The highest BCUT2D eigenvalue weighted by Gasteiger charge is 2.57. The molecule has 0 aromatic heterocycles. The minimum absolute atomic E-state index is 0.0104. The van der Waals surface area contributed by atoms with E-state index in [9.17, 15) is 34.5 Å². The number of hydrogen-bond acceptors (Lipinski definition) is 12. The molecule has 1 saturated carbocycles. The summed E-state index contributed by atoms with van der Waals surface area (Å²) in [6.45, 7) is 13.2. The number of amides is 1. The first kappa shape index (κ1) is 45.9. The van der Waals surface area contributed by atoms with Gasteiger partial charge in [0.05, 0.1) is 30.5 Å². The second-order valence-electron chi connectivity index (χ2n) is 16.9. The Bertz CT molecular complexity index is 1460. The van der Waals surface area contributed by atoms with Gasteiger partial charge in [-0.2, -0.15) is 0 Å². The summed E-state index contributed by atoms with van der Waals surface area (Å²) in [6, 6.07) is -1.13. The Morgan fingerprint density at radius 3 is 2.23 bits per heavy atom. The molecular weight excluding hydrogens is 722 g/mol. The van der Waals surface area contributed by atoms with E-state index >= 15 is 0 Å². The molecule has 4 rings (SSSR count). The van der Waals surface area contributed by atoms with Gasteiger partial charge in [0.25, 0.3) is 11.7 Å². The number of carbonyl (C=O) groups is 4. The normalized spacial score (nSPS) is 40.3. The smallest absolute Gasteiger partial charge is 0.329 e. The van der Waals surface area contributed by atoms with Crippen LogP contribution in [0.15, 0.2) is 36.0 Å². The van der Waals surface area contributed by atoms with Gasteiger partial charge in [-0.3, -0.25) is 14.4 Å². The number of ketones is 2. The zero-order valence-corrected chi connectivity index (χ0v) is 34.7. The van der Waals surface area contributed by atoms with E-state index < -0.39 is 77.9 Å². The summed E-state index contributed by atoms with van der Waals surface area (Å²) in [5.74, 6) is -7.32. The van der Waals surface area contributed by atoms with Gasteiger partial charge in [-0.05, 0) is 93.6 Å². The molecule has 0 aromatic rings. The predicted octanol–water partition coefficient (Wildman–Crippen LogP) is 4.25. The first-order valence-corrected chi connectivity index (χ1v) is 20.4. The third-order valence-electron chi connectivity index (χ3n) is 12.6. The third-order valence-corrected chi connectivity index (χ3v) is 12.6. The molecule has 0 spiro atoms. The van der Waals surface area contributed by atoms with Crippen molar-refractivity contribution in [3.8, 4) is 0 Å². The van der Waals surface area contributed by atoms with Crippen LogP contribution in [-0.2, 0) is 42.9 Å². The van der Waals surface area contributed by atoms with Crippen LogP contribution < -0.4 is 0 Å². The van der Waals surface area contributed by atoms with Gasteiger partial charge in [0, 0.05) is 46.1 Å². The van der Waals surface area contributed by atoms with E-state index in [1.807, 2.05) is 26.0 Å². The standard InChI is InChI=1S/C43H67NO12/c1-10-12-30-18-24(2)17-25(3)19-36(53-8)39-37(54-9)21-27(5)43(51,56-39)40(48)41(49)44-16-11-13-31(44)42(50)55-38(28(6)33(46)23-34(30)47)26(4)20-29-14-15-32(45)35(22-29)52-7/h10,18,20,24-25,27-29,31-33,35-39,45-46,51H,1,11-17,19,21-23H2,2-9H3. The Morgan fingerprint density at radius 1 is 0.929 bits per heavy atom. The number of Topliss-reactive ketones (excluding diaryl/α,β-unsaturated/α-hetero) is 2. The summed E-state index contributed by atoms with van der Waals surface area (Å²) in [5, 5.41) is 34.0. The molecule has 0 radical (unpaired) electrons. The van der Waals surface area contributed by atoms with Crippen molar-refractivity contribution in [1.29, 1.82) is 0 Å². The molecule has 13 heteroatoms. The van der Waals surface area contributed by atoms with Crippen molar-refractivity contribution < 1.29 is 58.2 Å². The summed E-state index contributed by atoms with van der Waals surface area (Å²) in [5.41, 5.74) is 1.17. The van der Waals surface area contributed by atoms with Crippen molar-refractivity contribution in [2.45, 2.75) is 153 Å². The van der Waals surface area contributed by atoms with Crippen LogP contribution in [0, 0.1) is 29.6 Å². The Kier molecular flexibility index (Phi) is 16.6. The highest BCUT2D eigenvalue weighted by Crippen LogP contribution is 2.39. The van der Waals surface area contributed by atoms with Gasteiger partial charge >= 0.3 is 5.97 Å². The Balaban J connectivity index is 1.76. The lowest BCUT2D eigenvalue weighted by Crippen LogP contribution is -2.63. The molecule has 1 aliphatic carbocycles. The Hall–Kier alpha value is -2.78. The van der Waals surface area contributed by atoms with E-state index in [1.165, 1.54) is 14.2 Å². The number of ether oxygens (including phenoxy) is 5. The van der Waals surface area contributed by atoms with Crippen LogP contribution in [-0.4, -0.2) is 126 Å². The molecule has 316 valence electrons. The molecule has 3 heterocycles. The lowest BCUT2D eigenvalue weighted by atomic mass is 9.81. The number of esters is 1. The lowest BCUT2D eigenvalue weighted by Gasteiger charge is -2.46. The van der Waals surface area contributed by atoms with E-state index in [4.69, 9.17) is 23.7 Å². The van der Waals surface area contributed by atoms with Crippen LogP contribution in [0.5, 0.6) is 0 Å². The SMILES string of the molecule is C=CCC1=CC(C)CC(C)CC(OC)C2OC(O)(C(=O)C(=O)N3CCCC3C(=O)OC(C(C)=CC3CCC(O)C(OC)C3)C(C)C(O)CC1=O)C(C)CC2OC. The van der Waals surface area contributed by atoms with Crippen molar-refractivity contribution >= 4 is 23.4 Å². The maximum absolute atomic E-state index is 14.2. The second kappa shape index (κ2) is 20.3. The van der Waals surface area contributed by atoms with Gasteiger partial charge in [0.2, 0.25) is 5.79 Å². The average molecular weight is 790 g/mol. The van der Waals surface area contributed by atoms with Crippen molar-refractivity contribution in [1.82, 2.24) is 4.90 Å². The van der Waals surface area contributed by atoms with E-state index in [2.05, 4.69) is 6.58 Å². The Morgan fingerprint density at radius 2 is 1.59 bits per heavy atom. The van der Waals surface area contributed by atoms with Gasteiger partial charge in [-0.25, -0.2) is 4.79 Å². The summed E-state index contributed by atoms with van der Waals surface area (Å²) in [7, 11) is 4.61.